The number of carbonyl (C=O) groups excluding carboxylic acids is 1. The Morgan fingerprint density at radius 2 is 1.86 bits per heavy atom. The lowest BCUT2D eigenvalue weighted by Crippen LogP contribution is -2.05. The van der Waals surface area contributed by atoms with Gasteiger partial charge in [0.05, 0.1) is 10.6 Å². The van der Waals surface area contributed by atoms with Crippen LogP contribution in [-0.2, 0) is 9.53 Å². The average Bonchev–Trinajstić information content (AvgIpc) is 2.80. The van der Waals surface area contributed by atoms with Gasteiger partial charge in [0.15, 0.2) is 5.70 Å². The maximum Gasteiger partial charge on any atom is 0.363 e. The van der Waals surface area contributed by atoms with Crippen molar-refractivity contribution in [2.24, 2.45) is 4.99 Å². The Balaban J connectivity index is 1.98. The number of rotatable bonds is 2. The number of hydrogen-bond acceptors (Lipinski definition) is 3. The fraction of sp³-hybridized carbons (Fsp3) is 0. The average molecular weight is 318 g/mol. The molecular weight excluding hydrogens is 309 g/mol. The van der Waals surface area contributed by atoms with Crippen molar-refractivity contribution in [2.75, 3.05) is 0 Å². The maximum absolute atomic E-state index is 11.9. The smallest absolute Gasteiger partial charge is 0.363 e. The fourth-order valence-corrected chi connectivity index (χ4v) is 2.33. The Hall–Kier alpha value is -2.10. The molecule has 0 saturated carbocycles. The highest BCUT2D eigenvalue weighted by molar-refractivity contribution is 6.34. The standard InChI is InChI=1S/C16H9Cl2NO2/c17-11-5-3-4-10(8-11)9-14-16(20)21-15(19-14)12-6-1-2-7-13(12)18/h1-9H/b14-9+. The maximum atomic E-state index is 11.9. The molecule has 3 nitrogen and oxygen atoms in total. The van der Waals surface area contributed by atoms with Crippen molar-refractivity contribution in [1.82, 2.24) is 0 Å². The van der Waals surface area contributed by atoms with Crippen molar-refractivity contribution in [3.63, 3.8) is 0 Å². The zero-order valence-electron chi connectivity index (χ0n) is 10.7. The molecule has 0 amide bonds. The second kappa shape index (κ2) is 5.72. The van der Waals surface area contributed by atoms with E-state index in [1.165, 1.54) is 0 Å². The number of hydrogen-bond donors (Lipinski definition) is 0. The molecule has 2 aromatic carbocycles. The van der Waals surface area contributed by atoms with E-state index in [1.807, 2.05) is 6.07 Å². The van der Waals surface area contributed by atoms with Crippen molar-refractivity contribution in [3.05, 3.63) is 75.4 Å². The van der Waals surface area contributed by atoms with Crippen molar-refractivity contribution in [2.45, 2.75) is 0 Å². The highest BCUT2D eigenvalue weighted by Gasteiger charge is 2.25. The van der Waals surface area contributed by atoms with E-state index < -0.39 is 5.97 Å². The lowest BCUT2D eigenvalue weighted by Gasteiger charge is -2.00. The second-order valence-corrected chi connectivity index (χ2v) is 5.21. The minimum atomic E-state index is -0.509. The summed E-state index contributed by atoms with van der Waals surface area (Å²) >= 11 is 12.0. The molecule has 0 aliphatic carbocycles. The lowest BCUT2D eigenvalue weighted by atomic mass is 10.2. The summed E-state index contributed by atoms with van der Waals surface area (Å²) in [5, 5.41) is 1.07. The molecule has 0 radical (unpaired) electrons. The van der Waals surface area contributed by atoms with Crippen LogP contribution in [0.1, 0.15) is 11.1 Å². The third-order valence-corrected chi connectivity index (χ3v) is 3.44. The first-order valence-corrected chi connectivity index (χ1v) is 6.92. The van der Waals surface area contributed by atoms with Crippen molar-refractivity contribution < 1.29 is 9.53 Å². The number of aliphatic imine (C=N–C) groups is 1. The number of esters is 1. The molecular formula is C16H9Cl2NO2. The summed E-state index contributed by atoms with van der Waals surface area (Å²) in [6.45, 7) is 0. The van der Waals surface area contributed by atoms with Gasteiger partial charge in [-0.1, -0.05) is 47.5 Å². The molecule has 0 atom stereocenters. The Labute approximate surface area is 131 Å². The van der Waals surface area contributed by atoms with Gasteiger partial charge in [0.25, 0.3) is 0 Å². The molecule has 104 valence electrons. The molecule has 1 heterocycles. The SMILES string of the molecule is O=C1OC(c2ccccc2Cl)=N/C1=C/c1cccc(Cl)c1. The molecule has 5 heteroatoms. The first-order valence-electron chi connectivity index (χ1n) is 6.16. The molecule has 2 aromatic rings. The van der Waals surface area contributed by atoms with Gasteiger partial charge >= 0.3 is 5.97 Å². The van der Waals surface area contributed by atoms with E-state index in [0.717, 1.165) is 5.56 Å². The van der Waals surface area contributed by atoms with E-state index in [0.29, 0.717) is 15.6 Å². The Morgan fingerprint density at radius 3 is 2.62 bits per heavy atom. The zero-order chi connectivity index (χ0) is 14.8. The monoisotopic (exact) mass is 317 g/mol. The van der Waals surface area contributed by atoms with Crippen molar-refractivity contribution in [3.8, 4) is 0 Å². The summed E-state index contributed by atoms with van der Waals surface area (Å²) in [5.74, 6) is -0.302. The third-order valence-electron chi connectivity index (χ3n) is 2.88. The highest BCUT2D eigenvalue weighted by atomic mass is 35.5. The van der Waals surface area contributed by atoms with Crippen LogP contribution in [-0.4, -0.2) is 11.9 Å². The van der Waals surface area contributed by atoms with Crippen LogP contribution in [0.3, 0.4) is 0 Å². The predicted molar refractivity (Wildman–Crippen MR) is 83.5 cm³/mol. The van der Waals surface area contributed by atoms with Gasteiger partial charge < -0.3 is 4.74 Å². The molecule has 3 rings (SSSR count). The number of nitrogens with zero attached hydrogens (tertiary/aromatic N) is 1. The number of benzene rings is 2. The molecule has 0 unspecified atom stereocenters. The van der Waals surface area contributed by atoms with E-state index in [-0.39, 0.29) is 11.6 Å². The summed E-state index contributed by atoms with van der Waals surface area (Å²) in [7, 11) is 0. The quantitative estimate of drug-likeness (QED) is 0.610. The minimum absolute atomic E-state index is 0.207. The van der Waals surface area contributed by atoms with Crippen LogP contribution in [0.15, 0.2) is 59.2 Å². The Bertz CT molecular complexity index is 781. The van der Waals surface area contributed by atoms with Crippen LogP contribution < -0.4 is 0 Å². The fourth-order valence-electron chi connectivity index (χ4n) is 1.91. The first-order chi connectivity index (χ1) is 10.1. The van der Waals surface area contributed by atoms with Gasteiger partial charge in [-0.2, -0.15) is 0 Å². The van der Waals surface area contributed by atoms with Crippen LogP contribution in [0.4, 0.5) is 0 Å². The minimum Gasteiger partial charge on any atom is -0.402 e. The van der Waals surface area contributed by atoms with Crippen LogP contribution in [0.2, 0.25) is 10.0 Å². The van der Waals surface area contributed by atoms with Gasteiger partial charge in [0, 0.05) is 5.02 Å². The molecule has 0 spiro atoms. The summed E-state index contributed by atoms with van der Waals surface area (Å²) in [6, 6.07) is 14.2. The normalized spacial score (nSPS) is 16.0. The largest absolute Gasteiger partial charge is 0.402 e. The summed E-state index contributed by atoms with van der Waals surface area (Å²) in [4.78, 5) is 16.1. The van der Waals surface area contributed by atoms with Crippen LogP contribution in [0.5, 0.6) is 0 Å². The van der Waals surface area contributed by atoms with Crippen LogP contribution in [0.25, 0.3) is 6.08 Å². The van der Waals surface area contributed by atoms with Crippen molar-refractivity contribution in [1.29, 1.82) is 0 Å². The molecule has 0 bridgehead atoms. The van der Waals surface area contributed by atoms with Gasteiger partial charge in [-0.15, -0.1) is 0 Å². The van der Waals surface area contributed by atoms with Gasteiger partial charge in [-0.3, -0.25) is 0 Å². The topological polar surface area (TPSA) is 38.7 Å². The van der Waals surface area contributed by atoms with Gasteiger partial charge in [-0.05, 0) is 35.9 Å². The number of carbonyl (C=O) groups is 1. The van der Waals surface area contributed by atoms with Crippen molar-refractivity contribution >= 4 is 41.1 Å². The molecule has 1 aliphatic heterocycles. The van der Waals surface area contributed by atoms with Crippen LogP contribution >= 0.6 is 23.2 Å². The molecule has 0 aromatic heterocycles. The number of cyclic esters (lactones) is 1. The molecule has 0 saturated heterocycles. The number of ether oxygens (including phenoxy) is 1. The second-order valence-electron chi connectivity index (χ2n) is 4.37. The highest BCUT2D eigenvalue weighted by Crippen LogP contribution is 2.24. The van der Waals surface area contributed by atoms with E-state index in [9.17, 15) is 4.79 Å². The number of halogens is 2. The van der Waals surface area contributed by atoms with E-state index in [4.69, 9.17) is 27.9 Å². The Kier molecular flexibility index (Phi) is 3.78. The predicted octanol–water partition coefficient (Wildman–Crippen LogP) is 4.34. The Morgan fingerprint density at radius 1 is 1.05 bits per heavy atom. The molecule has 1 aliphatic rings. The van der Waals surface area contributed by atoms with Gasteiger partial charge in [-0.25, -0.2) is 9.79 Å². The molecule has 0 N–H and O–H groups in total. The van der Waals surface area contributed by atoms with E-state index in [2.05, 4.69) is 4.99 Å². The van der Waals surface area contributed by atoms with Gasteiger partial charge in [0.2, 0.25) is 5.90 Å². The van der Waals surface area contributed by atoms with Crippen LogP contribution in [0, 0.1) is 0 Å². The van der Waals surface area contributed by atoms with E-state index in [1.54, 1.807) is 48.5 Å². The molecule has 0 fully saturated rings. The zero-order valence-corrected chi connectivity index (χ0v) is 12.2. The molecule has 21 heavy (non-hydrogen) atoms. The summed E-state index contributed by atoms with van der Waals surface area (Å²) in [5.41, 5.74) is 1.58. The lowest BCUT2D eigenvalue weighted by molar-refractivity contribution is -0.129. The van der Waals surface area contributed by atoms with E-state index >= 15 is 0 Å². The summed E-state index contributed by atoms with van der Waals surface area (Å²) in [6.07, 6.45) is 1.62. The third kappa shape index (κ3) is 2.99. The summed E-state index contributed by atoms with van der Waals surface area (Å²) < 4.78 is 5.17. The van der Waals surface area contributed by atoms with Gasteiger partial charge in [0.1, 0.15) is 0 Å². The first kappa shape index (κ1) is 13.9.